The molecule has 0 bridgehead atoms. The zero-order valence-electron chi connectivity index (χ0n) is 12.6. The first-order valence-corrected chi connectivity index (χ1v) is 8.60. The monoisotopic (exact) mass is 326 g/mol. The van der Waals surface area contributed by atoms with E-state index in [0.29, 0.717) is 24.4 Å². The predicted molar refractivity (Wildman–Crippen MR) is 83.8 cm³/mol. The molecule has 0 radical (unpaired) electrons. The highest BCUT2D eigenvalue weighted by atomic mass is 32.1. The summed E-state index contributed by atoms with van der Waals surface area (Å²) in [4.78, 5) is 22.0. The lowest BCUT2D eigenvalue weighted by Crippen LogP contribution is -2.14. The number of rotatable bonds is 8. The van der Waals surface area contributed by atoms with Gasteiger partial charge in [0.2, 0.25) is 0 Å². The number of carbonyl (C=O) groups is 2. The van der Waals surface area contributed by atoms with Crippen molar-refractivity contribution in [1.29, 1.82) is 0 Å². The Bertz CT molecular complexity index is 488. The van der Waals surface area contributed by atoms with E-state index in [1.54, 1.807) is 6.07 Å². The summed E-state index contributed by atoms with van der Waals surface area (Å²) < 4.78 is 11.4. The molecule has 1 aliphatic carbocycles. The first-order valence-electron chi connectivity index (χ1n) is 7.78. The van der Waals surface area contributed by atoms with Gasteiger partial charge in [-0.25, -0.2) is 4.79 Å². The van der Waals surface area contributed by atoms with Crippen molar-refractivity contribution in [1.82, 2.24) is 0 Å². The zero-order chi connectivity index (χ0) is 15.8. The Balaban J connectivity index is 1.62. The third kappa shape index (κ3) is 5.42. The van der Waals surface area contributed by atoms with Gasteiger partial charge in [0, 0.05) is 6.42 Å². The molecule has 0 saturated heterocycles. The van der Waals surface area contributed by atoms with Crippen LogP contribution >= 0.6 is 11.3 Å². The van der Waals surface area contributed by atoms with Gasteiger partial charge in [0.15, 0.2) is 5.06 Å². The maximum Gasteiger partial charge on any atom is 0.378 e. The van der Waals surface area contributed by atoms with Crippen molar-refractivity contribution in [2.75, 3.05) is 13.2 Å². The highest BCUT2D eigenvalue weighted by molar-refractivity contribution is 7.16. The molecule has 1 aromatic rings. The highest BCUT2D eigenvalue weighted by Crippen LogP contribution is 2.25. The minimum Gasteiger partial charge on any atom is -0.484 e. The molecule has 0 amide bonds. The highest BCUT2D eigenvalue weighted by Gasteiger charge is 2.17. The summed E-state index contributed by atoms with van der Waals surface area (Å²) >= 11 is 1.06. The number of carboxylic acids is 1. The topological polar surface area (TPSA) is 72.8 Å². The second kappa shape index (κ2) is 8.90. The Morgan fingerprint density at radius 2 is 1.86 bits per heavy atom. The summed E-state index contributed by atoms with van der Waals surface area (Å²) in [6, 6.07) is 3.12. The summed E-state index contributed by atoms with van der Waals surface area (Å²) in [5, 5.41) is 9.20. The molecule has 122 valence electrons. The molecular formula is C16H22O5S. The van der Waals surface area contributed by atoms with E-state index in [1.807, 2.05) is 0 Å². The van der Waals surface area contributed by atoms with Gasteiger partial charge in [-0.2, -0.15) is 0 Å². The fourth-order valence-electron chi connectivity index (χ4n) is 2.52. The molecule has 1 saturated carbocycles. The second-order valence-corrected chi connectivity index (χ2v) is 6.49. The molecule has 1 aromatic heterocycles. The number of ether oxygens (including phenoxy) is 2. The van der Waals surface area contributed by atoms with Crippen molar-refractivity contribution in [3.05, 3.63) is 17.0 Å². The number of carboxylic acid groups (broad SMARTS) is 1. The number of carbonyl (C=O) groups excluding carboxylic acids is 1. The summed E-state index contributed by atoms with van der Waals surface area (Å²) in [6.07, 6.45) is 8.66. The maximum atomic E-state index is 11.3. The molecule has 0 spiro atoms. The van der Waals surface area contributed by atoms with E-state index < -0.39 is 11.8 Å². The van der Waals surface area contributed by atoms with Crippen LogP contribution in [0.3, 0.4) is 0 Å². The third-order valence-corrected chi connectivity index (χ3v) is 4.68. The molecule has 5 nitrogen and oxygen atoms in total. The smallest absolute Gasteiger partial charge is 0.378 e. The van der Waals surface area contributed by atoms with Gasteiger partial charge in [-0.15, -0.1) is 0 Å². The van der Waals surface area contributed by atoms with Crippen LogP contribution in [0.15, 0.2) is 12.1 Å². The van der Waals surface area contributed by atoms with Gasteiger partial charge in [0.25, 0.3) is 5.78 Å². The third-order valence-electron chi connectivity index (χ3n) is 3.69. The summed E-state index contributed by atoms with van der Waals surface area (Å²) in [5.74, 6) is -2.33. The average Bonchev–Trinajstić information content (AvgIpc) is 2.81. The van der Waals surface area contributed by atoms with Crippen LogP contribution < -0.4 is 4.74 Å². The van der Waals surface area contributed by atoms with Gasteiger partial charge in [0.05, 0.1) is 24.2 Å². The maximum absolute atomic E-state index is 11.3. The number of Topliss-reactive ketones (excluding diaryl/α,β-unsaturated/α-hetero) is 1. The number of hydrogen-bond acceptors (Lipinski definition) is 5. The molecular weight excluding hydrogens is 304 g/mol. The quantitative estimate of drug-likeness (QED) is 0.342. The fraction of sp³-hybridized carbons (Fsp3) is 0.625. The molecule has 22 heavy (non-hydrogen) atoms. The van der Waals surface area contributed by atoms with Crippen molar-refractivity contribution >= 4 is 23.1 Å². The summed E-state index contributed by atoms with van der Waals surface area (Å²) in [5.41, 5.74) is 0. The molecule has 0 atom stereocenters. The first-order chi connectivity index (χ1) is 10.7. The molecule has 2 rings (SSSR count). The van der Waals surface area contributed by atoms with Crippen molar-refractivity contribution in [3.63, 3.8) is 0 Å². The van der Waals surface area contributed by atoms with E-state index in [0.717, 1.165) is 30.6 Å². The Kier molecular flexibility index (Phi) is 6.86. The molecule has 1 heterocycles. The van der Waals surface area contributed by atoms with Crippen LogP contribution in [0.25, 0.3) is 0 Å². The molecule has 1 aliphatic rings. The van der Waals surface area contributed by atoms with E-state index in [2.05, 4.69) is 0 Å². The van der Waals surface area contributed by atoms with Crippen LogP contribution in [-0.2, 0) is 9.53 Å². The Morgan fingerprint density at radius 1 is 1.14 bits per heavy atom. The van der Waals surface area contributed by atoms with Crippen molar-refractivity contribution in [2.24, 2.45) is 0 Å². The lowest BCUT2D eigenvalue weighted by Gasteiger charge is -2.15. The standard InChI is InChI=1S/C16H22O5S/c17-15(16(18)19)13-8-9-14(22-13)21-11-5-10-20-12-6-3-1-2-4-7-12/h8-9,12H,1-7,10-11H2,(H,18,19). The van der Waals surface area contributed by atoms with Crippen LogP contribution in [0, 0.1) is 0 Å². The zero-order valence-corrected chi connectivity index (χ0v) is 13.4. The van der Waals surface area contributed by atoms with E-state index in [4.69, 9.17) is 14.6 Å². The Labute approximate surface area is 134 Å². The van der Waals surface area contributed by atoms with Gasteiger partial charge in [-0.1, -0.05) is 37.0 Å². The second-order valence-electron chi connectivity index (χ2n) is 5.44. The van der Waals surface area contributed by atoms with Gasteiger partial charge in [0.1, 0.15) is 0 Å². The minimum absolute atomic E-state index is 0.192. The van der Waals surface area contributed by atoms with Gasteiger partial charge >= 0.3 is 5.97 Å². The lowest BCUT2D eigenvalue weighted by atomic mass is 10.1. The average molecular weight is 326 g/mol. The first kappa shape index (κ1) is 17.0. The predicted octanol–water partition coefficient (Wildman–Crippen LogP) is 3.52. The fourth-order valence-corrected chi connectivity index (χ4v) is 3.33. The van der Waals surface area contributed by atoms with E-state index in [9.17, 15) is 9.59 Å². The minimum atomic E-state index is -1.44. The van der Waals surface area contributed by atoms with Crippen molar-refractivity contribution in [3.8, 4) is 5.06 Å². The van der Waals surface area contributed by atoms with Crippen LogP contribution in [0.4, 0.5) is 0 Å². The van der Waals surface area contributed by atoms with Crippen molar-refractivity contribution in [2.45, 2.75) is 51.0 Å². The molecule has 6 heteroatoms. The van der Waals surface area contributed by atoms with Crippen LogP contribution in [-0.4, -0.2) is 36.2 Å². The van der Waals surface area contributed by atoms with Gasteiger partial charge in [-0.05, 0) is 25.0 Å². The lowest BCUT2D eigenvalue weighted by molar-refractivity contribution is -0.131. The van der Waals surface area contributed by atoms with Crippen LogP contribution in [0.2, 0.25) is 0 Å². The molecule has 0 aliphatic heterocycles. The largest absolute Gasteiger partial charge is 0.484 e. The van der Waals surface area contributed by atoms with Crippen molar-refractivity contribution < 1.29 is 24.2 Å². The normalized spacial score (nSPS) is 16.2. The Morgan fingerprint density at radius 3 is 2.55 bits per heavy atom. The molecule has 0 unspecified atom stereocenters. The number of hydrogen-bond donors (Lipinski definition) is 1. The number of ketones is 1. The van der Waals surface area contributed by atoms with Crippen LogP contribution in [0.5, 0.6) is 5.06 Å². The molecule has 1 N–H and O–H groups in total. The van der Waals surface area contributed by atoms with E-state index in [-0.39, 0.29) is 4.88 Å². The number of thiophene rings is 1. The summed E-state index contributed by atoms with van der Waals surface area (Å²) in [7, 11) is 0. The van der Waals surface area contributed by atoms with E-state index >= 15 is 0 Å². The van der Waals surface area contributed by atoms with Crippen LogP contribution in [0.1, 0.15) is 54.6 Å². The Hall–Kier alpha value is -1.40. The van der Waals surface area contributed by atoms with E-state index in [1.165, 1.54) is 31.7 Å². The number of aliphatic carboxylic acids is 1. The molecule has 1 fully saturated rings. The molecule has 0 aromatic carbocycles. The SMILES string of the molecule is O=C(O)C(=O)c1ccc(OCCCOC2CCCCCC2)s1. The summed E-state index contributed by atoms with van der Waals surface area (Å²) in [6.45, 7) is 1.19. The van der Waals surface area contributed by atoms with Gasteiger partial charge in [-0.3, -0.25) is 4.79 Å². The van der Waals surface area contributed by atoms with Gasteiger partial charge < -0.3 is 14.6 Å².